The predicted molar refractivity (Wildman–Crippen MR) is 82.8 cm³/mol. The lowest BCUT2D eigenvalue weighted by atomic mass is 10.0. The van der Waals surface area contributed by atoms with E-state index in [1.807, 2.05) is 0 Å². The summed E-state index contributed by atoms with van der Waals surface area (Å²) >= 11 is 0. The molecule has 2 rings (SSSR count). The molecule has 0 atom stereocenters. The normalized spacial score (nSPS) is 10.7. The summed E-state index contributed by atoms with van der Waals surface area (Å²) in [7, 11) is 0. The van der Waals surface area contributed by atoms with Crippen LogP contribution in [0.15, 0.2) is 42.5 Å². The van der Waals surface area contributed by atoms with Gasteiger partial charge in [0, 0.05) is 12.2 Å². The van der Waals surface area contributed by atoms with Gasteiger partial charge >= 0.3 is 0 Å². The van der Waals surface area contributed by atoms with Crippen LogP contribution in [0.2, 0.25) is 0 Å². The van der Waals surface area contributed by atoms with Crippen LogP contribution in [-0.4, -0.2) is 18.3 Å². The van der Waals surface area contributed by atoms with Gasteiger partial charge in [-0.3, -0.25) is 0 Å². The minimum Gasteiger partial charge on any atom is -0.494 e. The molecule has 2 nitrogen and oxygen atoms in total. The Labute approximate surface area is 129 Å². The quantitative estimate of drug-likeness (QED) is 0.724. The fraction of sp³-hybridized carbons (Fsp3) is 0.333. The van der Waals surface area contributed by atoms with E-state index in [9.17, 15) is 8.78 Å². The van der Waals surface area contributed by atoms with Gasteiger partial charge in [0.05, 0.1) is 6.61 Å². The SMILES string of the molecule is OCCCCCCOc1ccc(-c2cccc(F)c2F)cc1. The van der Waals surface area contributed by atoms with Crippen LogP contribution in [0, 0.1) is 11.6 Å². The number of aliphatic hydroxyl groups excluding tert-OH is 1. The van der Waals surface area contributed by atoms with E-state index >= 15 is 0 Å². The summed E-state index contributed by atoms with van der Waals surface area (Å²) in [5, 5.41) is 8.68. The molecule has 0 spiro atoms. The van der Waals surface area contributed by atoms with E-state index in [2.05, 4.69) is 0 Å². The van der Waals surface area contributed by atoms with Gasteiger partial charge in [-0.25, -0.2) is 8.78 Å². The average Bonchev–Trinajstić information content (AvgIpc) is 2.54. The number of unbranched alkanes of at least 4 members (excludes halogenated alkanes) is 3. The molecule has 1 N–H and O–H groups in total. The van der Waals surface area contributed by atoms with E-state index in [0.717, 1.165) is 31.7 Å². The van der Waals surface area contributed by atoms with Crippen molar-refractivity contribution in [2.24, 2.45) is 0 Å². The van der Waals surface area contributed by atoms with Gasteiger partial charge in [-0.2, -0.15) is 0 Å². The molecule has 0 bridgehead atoms. The molecule has 0 unspecified atom stereocenters. The van der Waals surface area contributed by atoms with Crippen molar-refractivity contribution in [3.63, 3.8) is 0 Å². The molecule has 4 heteroatoms. The van der Waals surface area contributed by atoms with E-state index in [1.54, 1.807) is 30.3 Å². The lowest BCUT2D eigenvalue weighted by Gasteiger charge is -2.08. The number of ether oxygens (including phenoxy) is 1. The Morgan fingerprint density at radius 2 is 1.59 bits per heavy atom. The van der Waals surface area contributed by atoms with Crippen LogP contribution < -0.4 is 4.74 Å². The zero-order chi connectivity index (χ0) is 15.8. The molecule has 0 radical (unpaired) electrons. The summed E-state index contributed by atoms with van der Waals surface area (Å²) in [6.07, 6.45) is 3.78. The van der Waals surface area contributed by atoms with E-state index in [0.29, 0.717) is 17.9 Å². The lowest BCUT2D eigenvalue weighted by molar-refractivity contribution is 0.273. The highest BCUT2D eigenvalue weighted by Gasteiger charge is 2.09. The Morgan fingerprint density at radius 3 is 2.32 bits per heavy atom. The number of benzene rings is 2. The molecule has 0 aliphatic rings. The third kappa shape index (κ3) is 4.53. The molecule has 0 amide bonds. The molecular formula is C18H20F2O2. The van der Waals surface area contributed by atoms with Crippen molar-refractivity contribution in [1.29, 1.82) is 0 Å². The molecule has 22 heavy (non-hydrogen) atoms. The first-order valence-corrected chi connectivity index (χ1v) is 7.50. The first-order chi connectivity index (χ1) is 10.7. The van der Waals surface area contributed by atoms with Crippen molar-refractivity contribution in [3.8, 4) is 16.9 Å². The zero-order valence-corrected chi connectivity index (χ0v) is 12.4. The topological polar surface area (TPSA) is 29.5 Å². The van der Waals surface area contributed by atoms with Crippen molar-refractivity contribution < 1.29 is 18.6 Å². The minimum atomic E-state index is -0.847. The van der Waals surface area contributed by atoms with Crippen LogP contribution in [0.1, 0.15) is 25.7 Å². The average molecular weight is 306 g/mol. The number of hydrogen-bond donors (Lipinski definition) is 1. The van der Waals surface area contributed by atoms with Gasteiger partial charge in [-0.05, 0) is 43.0 Å². The zero-order valence-electron chi connectivity index (χ0n) is 12.4. The highest BCUT2D eigenvalue weighted by atomic mass is 19.2. The maximum atomic E-state index is 13.7. The Kier molecular flexibility index (Phi) is 6.34. The Hall–Kier alpha value is -1.94. The fourth-order valence-corrected chi connectivity index (χ4v) is 2.21. The van der Waals surface area contributed by atoms with Crippen LogP contribution in [-0.2, 0) is 0 Å². The first-order valence-electron chi connectivity index (χ1n) is 7.50. The second-order valence-corrected chi connectivity index (χ2v) is 5.11. The molecule has 0 aromatic heterocycles. The van der Waals surface area contributed by atoms with Gasteiger partial charge in [0.15, 0.2) is 11.6 Å². The minimum absolute atomic E-state index is 0.235. The Morgan fingerprint density at radius 1 is 0.864 bits per heavy atom. The summed E-state index contributed by atoms with van der Waals surface area (Å²) in [6.45, 7) is 0.845. The molecule has 0 heterocycles. The molecular weight excluding hydrogens is 286 g/mol. The third-order valence-electron chi connectivity index (χ3n) is 3.44. The van der Waals surface area contributed by atoms with E-state index in [1.165, 1.54) is 6.07 Å². The molecule has 2 aromatic rings. The fourth-order valence-electron chi connectivity index (χ4n) is 2.21. The predicted octanol–water partition coefficient (Wildman–Crippen LogP) is 4.56. The second kappa shape index (κ2) is 8.49. The summed E-state index contributed by atoms with van der Waals surface area (Å²) in [6, 6.07) is 11.1. The van der Waals surface area contributed by atoms with Crippen molar-refractivity contribution in [1.82, 2.24) is 0 Å². The van der Waals surface area contributed by atoms with Crippen LogP contribution in [0.4, 0.5) is 8.78 Å². The number of hydrogen-bond acceptors (Lipinski definition) is 2. The van der Waals surface area contributed by atoms with Gasteiger partial charge in [0.2, 0.25) is 0 Å². The molecule has 0 saturated carbocycles. The van der Waals surface area contributed by atoms with Crippen molar-refractivity contribution >= 4 is 0 Å². The monoisotopic (exact) mass is 306 g/mol. The van der Waals surface area contributed by atoms with E-state index in [-0.39, 0.29) is 12.2 Å². The van der Waals surface area contributed by atoms with Gasteiger partial charge < -0.3 is 9.84 Å². The van der Waals surface area contributed by atoms with E-state index < -0.39 is 11.6 Å². The molecule has 0 aliphatic carbocycles. The number of aliphatic hydroxyl groups is 1. The van der Waals surface area contributed by atoms with Crippen LogP contribution in [0.3, 0.4) is 0 Å². The van der Waals surface area contributed by atoms with Crippen LogP contribution in [0.25, 0.3) is 11.1 Å². The molecule has 0 aliphatic heterocycles. The van der Waals surface area contributed by atoms with Gasteiger partial charge in [0.25, 0.3) is 0 Å². The first kappa shape index (κ1) is 16.4. The highest BCUT2D eigenvalue weighted by molar-refractivity contribution is 5.64. The summed E-state index contributed by atoms with van der Waals surface area (Å²) in [5.74, 6) is -0.969. The standard InChI is InChI=1S/C18H20F2O2/c19-17-7-5-6-16(18(17)20)14-8-10-15(11-9-14)22-13-4-2-1-3-12-21/h5-11,21H,1-4,12-13H2. The maximum absolute atomic E-state index is 13.7. The Bertz CT molecular complexity index is 582. The van der Waals surface area contributed by atoms with Gasteiger partial charge in [-0.1, -0.05) is 30.7 Å². The largest absolute Gasteiger partial charge is 0.494 e. The molecule has 0 fully saturated rings. The number of halogens is 2. The summed E-state index contributed by atoms with van der Waals surface area (Å²) < 4.78 is 32.5. The van der Waals surface area contributed by atoms with Crippen molar-refractivity contribution in [2.75, 3.05) is 13.2 Å². The van der Waals surface area contributed by atoms with Crippen molar-refractivity contribution in [2.45, 2.75) is 25.7 Å². The smallest absolute Gasteiger partial charge is 0.166 e. The molecule has 2 aromatic carbocycles. The molecule has 118 valence electrons. The molecule has 0 saturated heterocycles. The van der Waals surface area contributed by atoms with Gasteiger partial charge in [-0.15, -0.1) is 0 Å². The van der Waals surface area contributed by atoms with E-state index in [4.69, 9.17) is 9.84 Å². The van der Waals surface area contributed by atoms with Crippen LogP contribution in [0.5, 0.6) is 5.75 Å². The van der Waals surface area contributed by atoms with Crippen LogP contribution >= 0.6 is 0 Å². The van der Waals surface area contributed by atoms with Crippen molar-refractivity contribution in [3.05, 3.63) is 54.1 Å². The second-order valence-electron chi connectivity index (χ2n) is 5.11. The maximum Gasteiger partial charge on any atom is 0.166 e. The lowest BCUT2D eigenvalue weighted by Crippen LogP contribution is -1.97. The van der Waals surface area contributed by atoms with Gasteiger partial charge in [0.1, 0.15) is 5.75 Å². The summed E-state index contributed by atoms with van der Waals surface area (Å²) in [4.78, 5) is 0. The summed E-state index contributed by atoms with van der Waals surface area (Å²) in [5.41, 5.74) is 0.864. The number of rotatable bonds is 8. The third-order valence-corrected chi connectivity index (χ3v) is 3.44. The Balaban J connectivity index is 1.89. The highest BCUT2D eigenvalue weighted by Crippen LogP contribution is 2.26.